The summed E-state index contributed by atoms with van der Waals surface area (Å²) < 4.78 is 25.9. The summed E-state index contributed by atoms with van der Waals surface area (Å²) in [6.07, 6.45) is 4.88. The molecule has 0 aliphatic heterocycles. The first-order valence-corrected chi connectivity index (χ1v) is 5.62. The third kappa shape index (κ3) is 2.08. The van der Waals surface area contributed by atoms with Crippen LogP contribution < -0.4 is 5.32 Å². The van der Waals surface area contributed by atoms with Crippen molar-refractivity contribution >= 4 is 0 Å². The number of alkyl halides is 2. The van der Waals surface area contributed by atoms with E-state index in [4.69, 9.17) is 0 Å². The third-order valence-corrected chi connectivity index (χ3v) is 3.81. The van der Waals surface area contributed by atoms with Crippen molar-refractivity contribution in [2.24, 2.45) is 11.8 Å². The van der Waals surface area contributed by atoms with Gasteiger partial charge in [-0.1, -0.05) is 12.8 Å². The van der Waals surface area contributed by atoms with Crippen LogP contribution in [-0.4, -0.2) is 18.0 Å². The Morgan fingerprint density at radius 2 is 2.07 bits per heavy atom. The van der Waals surface area contributed by atoms with Gasteiger partial charge in [0.15, 0.2) is 0 Å². The van der Waals surface area contributed by atoms with Crippen molar-refractivity contribution in [1.82, 2.24) is 5.32 Å². The van der Waals surface area contributed by atoms with Crippen molar-refractivity contribution in [1.29, 1.82) is 0 Å². The van der Waals surface area contributed by atoms with E-state index in [1.165, 1.54) is 19.3 Å². The number of fused-ring (bicyclic) bond motifs is 1. The summed E-state index contributed by atoms with van der Waals surface area (Å²) in [5.74, 6) is -1.05. The Bertz CT molecular complexity index is 212. The fourth-order valence-electron chi connectivity index (χ4n) is 2.58. The molecule has 0 heterocycles. The standard InChI is InChI=1S/C11H19F2N/c1-7(11(2,12)13)14-10-5-3-4-8-6-9(8)10/h7-10,14H,3-6H2,1-2H3/t7?,8-,9+,10?/m1/s1. The normalized spacial score (nSPS) is 39.0. The Hall–Kier alpha value is -0.180. The topological polar surface area (TPSA) is 12.0 Å². The maximum absolute atomic E-state index is 12.9. The van der Waals surface area contributed by atoms with Gasteiger partial charge in [0.25, 0.3) is 5.92 Å². The Morgan fingerprint density at radius 3 is 2.71 bits per heavy atom. The molecule has 14 heavy (non-hydrogen) atoms. The summed E-state index contributed by atoms with van der Waals surface area (Å²) in [5.41, 5.74) is 0. The largest absolute Gasteiger partial charge is 0.306 e. The lowest BCUT2D eigenvalue weighted by Gasteiger charge is -2.29. The average Bonchev–Trinajstić information content (AvgIpc) is 2.81. The second kappa shape index (κ2) is 3.44. The number of hydrogen-bond acceptors (Lipinski definition) is 1. The van der Waals surface area contributed by atoms with Crippen LogP contribution in [0.25, 0.3) is 0 Å². The lowest BCUT2D eigenvalue weighted by molar-refractivity contribution is -0.0178. The van der Waals surface area contributed by atoms with Crippen LogP contribution >= 0.6 is 0 Å². The quantitative estimate of drug-likeness (QED) is 0.743. The zero-order valence-electron chi connectivity index (χ0n) is 8.89. The van der Waals surface area contributed by atoms with E-state index >= 15 is 0 Å². The van der Waals surface area contributed by atoms with E-state index in [0.29, 0.717) is 12.0 Å². The number of halogens is 2. The molecule has 0 aromatic heterocycles. The Labute approximate surface area is 84.3 Å². The van der Waals surface area contributed by atoms with Crippen LogP contribution in [0.4, 0.5) is 8.78 Å². The van der Waals surface area contributed by atoms with Gasteiger partial charge in [0, 0.05) is 13.0 Å². The van der Waals surface area contributed by atoms with E-state index < -0.39 is 12.0 Å². The van der Waals surface area contributed by atoms with Crippen LogP contribution in [0.3, 0.4) is 0 Å². The summed E-state index contributed by atoms with van der Waals surface area (Å²) in [6.45, 7) is 2.59. The smallest absolute Gasteiger partial charge is 0.260 e. The molecule has 2 saturated carbocycles. The van der Waals surface area contributed by atoms with Crippen LogP contribution in [0.2, 0.25) is 0 Å². The summed E-state index contributed by atoms with van der Waals surface area (Å²) in [5, 5.41) is 3.10. The number of hydrogen-bond donors (Lipinski definition) is 1. The van der Waals surface area contributed by atoms with Crippen molar-refractivity contribution in [2.45, 2.75) is 57.5 Å². The van der Waals surface area contributed by atoms with Gasteiger partial charge in [0.2, 0.25) is 0 Å². The van der Waals surface area contributed by atoms with Crippen molar-refractivity contribution in [3.05, 3.63) is 0 Å². The Morgan fingerprint density at radius 1 is 1.36 bits per heavy atom. The average molecular weight is 203 g/mol. The highest BCUT2D eigenvalue weighted by Gasteiger charge is 2.46. The van der Waals surface area contributed by atoms with Gasteiger partial charge in [0.1, 0.15) is 0 Å². The summed E-state index contributed by atoms with van der Waals surface area (Å²) >= 11 is 0. The molecule has 1 nitrogen and oxygen atoms in total. The second-order valence-electron chi connectivity index (χ2n) is 5.04. The molecule has 0 aromatic rings. The molecule has 2 unspecified atom stereocenters. The first-order valence-electron chi connectivity index (χ1n) is 5.62. The van der Waals surface area contributed by atoms with E-state index in [2.05, 4.69) is 5.32 Å². The van der Waals surface area contributed by atoms with Crippen molar-refractivity contribution in [3.63, 3.8) is 0 Å². The van der Waals surface area contributed by atoms with E-state index in [1.807, 2.05) is 0 Å². The zero-order chi connectivity index (χ0) is 10.3. The summed E-state index contributed by atoms with van der Waals surface area (Å²) in [7, 11) is 0. The minimum Gasteiger partial charge on any atom is -0.306 e. The molecule has 0 amide bonds. The molecule has 82 valence electrons. The molecule has 0 radical (unpaired) electrons. The van der Waals surface area contributed by atoms with Gasteiger partial charge in [-0.05, 0) is 31.6 Å². The highest BCUT2D eigenvalue weighted by atomic mass is 19.3. The van der Waals surface area contributed by atoms with Gasteiger partial charge >= 0.3 is 0 Å². The van der Waals surface area contributed by atoms with Crippen molar-refractivity contribution < 1.29 is 8.78 Å². The molecule has 2 rings (SSSR count). The highest BCUT2D eigenvalue weighted by molar-refractivity contribution is 4.99. The molecule has 2 aliphatic carbocycles. The van der Waals surface area contributed by atoms with Gasteiger partial charge in [-0.25, -0.2) is 8.78 Å². The van der Waals surface area contributed by atoms with Gasteiger partial charge in [-0.3, -0.25) is 0 Å². The Balaban J connectivity index is 1.85. The summed E-state index contributed by atoms with van der Waals surface area (Å²) in [4.78, 5) is 0. The molecular weight excluding hydrogens is 184 g/mol. The molecule has 2 fully saturated rings. The Kier molecular flexibility index (Phi) is 2.54. The van der Waals surface area contributed by atoms with Crippen molar-refractivity contribution in [2.75, 3.05) is 0 Å². The SMILES string of the molecule is CC(NC1CCC[C@@H]2C[C@H]12)C(C)(F)F. The molecule has 2 aliphatic rings. The van der Waals surface area contributed by atoms with E-state index in [0.717, 1.165) is 19.3 Å². The van der Waals surface area contributed by atoms with Crippen LogP contribution in [0.5, 0.6) is 0 Å². The van der Waals surface area contributed by atoms with E-state index in [-0.39, 0.29) is 0 Å². The maximum atomic E-state index is 12.9. The highest BCUT2D eigenvalue weighted by Crippen LogP contribution is 2.49. The molecular formula is C11H19F2N. The molecule has 1 N–H and O–H groups in total. The van der Waals surface area contributed by atoms with E-state index in [1.54, 1.807) is 6.92 Å². The number of rotatable bonds is 3. The van der Waals surface area contributed by atoms with Crippen LogP contribution in [0.15, 0.2) is 0 Å². The molecule has 0 saturated heterocycles. The van der Waals surface area contributed by atoms with Crippen LogP contribution in [0.1, 0.15) is 39.5 Å². The van der Waals surface area contributed by atoms with E-state index in [9.17, 15) is 8.78 Å². The summed E-state index contributed by atoms with van der Waals surface area (Å²) in [6, 6.07) is -0.332. The van der Waals surface area contributed by atoms with Crippen LogP contribution in [0, 0.1) is 11.8 Å². The number of nitrogens with one attached hydrogen (secondary N) is 1. The third-order valence-electron chi connectivity index (χ3n) is 3.81. The van der Waals surface area contributed by atoms with Gasteiger partial charge < -0.3 is 5.32 Å². The first kappa shape index (κ1) is 10.3. The lowest BCUT2D eigenvalue weighted by atomic mass is 9.94. The second-order valence-corrected chi connectivity index (χ2v) is 5.04. The zero-order valence-corrected chi connectivity index (χ0v) is 8.89. The monoisotopic (exact) mass is 203 g/mol. The van der Waals surface area contributed by atoms with Gasteiger partial charge in [-0.15, -0.1) is 0 Å². The minimum atomic E-state index is -2.60. The molecule has 3 heteroatoms. The molecule has 0 aromatic carbocycles. The minimum absolute atomic E-state index is 0.356. The van der Waals surface area contributed by atoms with Crippen molar-refractivity contribution in [3.8, 4) is 0 Å². The maximum Gasteiger partial charge on any atom is 0.260 e. The molecule has 0 spiro atoms. The first-order chi connectivity index (χ1) is 6.48. The molecule has 0 bridgehead atoms. The van der Waals surface area contributed by atoms with Gasteiger partial charge in [-0.2, -0.15) is 0 Å². The van der Waals surface area contributed by atoms with Crippen LogP contribution in [-0.2, 0) is 0 Å². The fourth-order valence-corrected chi connectivity index (χ4v) is 2.58. The fraction of sp³-hybridized carbons (Fsp3) is 1.00. The molecule has 4 atom stereocenters. The predicted octanol–water partition coefficient (Wildman–Crippen LogP) is 2.81. The predicted molar refractivity (Wildman–Crippen MR) is 52.5 cm³/mol. The lowest BCUT2D eigenvalue weighted by Crippen LogP contribution is -2.47. The van der Waals surface area contributed by atoms with Gasteiger partial charge in [0.05, 0.1) is 6.04 Å².